The molecular formula is C23H19NO4. The third-order valence-corrected chi connectivity index (χ3v) is 4.96. The molecule has 3 aromatic carbocycles. The molecule has 2 amide bonds. The molecule has 0 bridgehead atoms. The van der Waals surface area contributed by atoms with E-state index < -0.39 is 0 Å². The average Bonchev–Trinajstić information content (AvgIpc) is 2.98. The minimum atomic E-state index is -0.298. The first-order chi connectivity index (χ1) is 13.5. The topological polar surface area (TPSA) is 55.8 Å². The summed E-state index contributed by atoms with van der Waals surface area (Å²) in [7, 11) is 3.17. The number of carbonyl (C=O) groups excluding carboxylic acids is 2. The molecule has 1 heterocycles. The van der Waals surface area contributed by atoms with Crippen LogP contribution >= 0.6 is 0 Å². The zero-order valence-corrected chi connectivity index (χ0v) is 15.9. The molecule has 140 valence electrons. The Morgan fingerprint density at radius 1 is 0.714 bits per heavy atom. The first-order valence-corrected chi connectivity index (χ1v) is 8.86. The van der Waals surface area contributed by atoms with Crippen LogP contribution in [0.2, 0.25) is 0 Å². The number of imide groups is 1. The summed E-state index contributed by atoms with van der Waals surface area (Å²) < 4.78 is 10.7. The van der Waals surface area contributed by atoms with Gasteiger partial charge in [-0.3, -0.25) is 9.59 Å². The quantitative estimate of drug-likeness (QED) is 0.633. The molecular weight excluding hydrogens is 354 g/mol. The molecule has 0 aromatic heterocycles. The third-order valence-electron chi connectivity index (χ3n) is 4.96. The number of hydrogen-bond donors (Lipinski definition) is 0. The van der Waals surface area contributed by atoms with Gasteiger partial charge in [0, 0.05) is 0 Å². The monoisotopic (exact) mass is 373 g/mol. The fraction of sp³-hybridized carbons (Fsp3) is 0.130. The number of hydrogen-bond acceptors (Lipinski definition) is 4. The van der Waals surface area contributed by atoms with Gasteiger partial charge in [-0.2, -0.15) is 0 Å². The molecule has 5 heteroatoms. The first-order valence-electron chi connectivity index (χ1n) is 8.86. The van der Waals surface area contributed by atoms with E-state index >= 15 is 0 Å². The van der Waals surface area contributed by atoms with E-state index in [1.807, 2.05) is 43.3 Å². The van der Waals surface area contributed by atoms with Gasteiger partial charge in [-0.05, 0) is 53.9 Å². The number of benzene rings is 3. The van der Waals surface area contributed by atoms with Gasteiger partial charge >= 0.3 is 0 Å². The Kier molecular flexibility index (Phi) is 4.35. The van der Waals surface area contributed by atoms with Crippen molar-refractivity contribution in [3.8, 4) is 22.6 Å². The number of amides is 2. The van der Waals surface area contributed by atoms with Crippen LogP contribution in [0.1, 0.15) is 26.3 Å². The molecule has 4 rings (SSSR count). The molecule has 0 fully saturated rings. The molecule has 0 N–H and O–H groups in total. The van der Waals surface area contributed by atoms with Crippen LogP contribution in [0.15, 0.2) is 60.7 Å². The lowest BCUT2D eigenvalue weighted by Crippen LogP contribution is -2.30. The molecule has 0 atom stereocenters. The second kappa shape index (κ2) is 6.85. The van der Waals surface area contributed by atoms with Crippen molar-refractivity contribution in [1.29, 1.82) is 0 Å². The normalized spacial score (nSPS) is 12.9. The fourth-order valence-corrected chi connectivity index (χ4v) is 3.45. The van der Waals surface area contributed by atoms with Crippen molar-refractivity contribution in [3.05, 3.63) is 77.4 Å². The number of rotatable bonds is 4. The third kappa shape index (κ3) is 2.72. The van der Waals surface area contributed by atoms with Crippen molar-refractivity contribution in [3.63, 3.8) is 0 Å². The van der Waals surface area contributed by atoms with E-state index in [1.54, 1.807) is 38.5 Å². The van der Waals surface area contributed by atoms with E-state index in [0.29, 0.717) is 28.3 Å². The number of aryl methyl sites for hydroxylation is 1. The Bertz CT molecular complexity index is 1070. The summed E-state index contributed by atoms with van der Waals surface area (Å²) in [6.45, 7) is 1.89. The van der Waals surface area contributed by atoms with Crippen LogP contribution < -0.4 is 14.4 Å². The summed E-state index contributed by atoms with van der Waals surface area (Å²) in [5.74, 6) is 0.656. The minimum Gasteiger partial charge on any atom is -0.493 e. The van der Waals surface area contributed by atoms with Crippen molar-refractivity contribution in [2.45, 2.75) is 6.92 Å². The summed E-state index contributed by atoms with van der Waals surface area (Å²) >= 11 is 0. The lowest BCUT2D eigenvalue weighted by Gasteiger charge is -2.18. The highest BCUT2D eigenvalue weighted by Gasteiger charge is 2.37. The molecule has 0 unspecified atom stereocenters. The number of fused-ring (bicyclic) bond motifs is 1. The van der Waals surface area contributed by atoms with Crippen molar-refractivity contribution in [2.75, 3.05) is 19.1 Å². The zero-order chi connectivity index (χ0) is 19.8. The fourth-order valence-electron chi connectivity index (χ4n) is 3.45. The second-order valence-electron chi connectivity index (χ2n) is 6.56. The maximum Gasteiger partial charge on any atom is 0.266 e. The van der Waals surface area contributed by atoms with Crippen LogP contribution in [0, 0.1) is 6.92 Å². The molecule has 0 radical (unpaired) electrons. The predicted molar refractivity (Wildman–Crippen MR) is 107 cm³/mol. The van der Waals surface area contributed by atoms with Gasteiger partial charge in [0.05, 0.1) is 31.0 Å². The number of methoxy groups -OCH3 is 2. The van der Waals surface area contributed by atoms with Gasteiger partial charge in [-0.1, -0.05) is 30.3 Å². The Morgan fingerprint density at radius 2 is 1.29 bits per heavy atom. The number of carbonyl (C=O) groups is 2. The van der Waals surface area contributed by atoms with Crippen LogP contribution in [0.4, 0.5) is 5.69 Å². The Hall–Kier alpha value is -3.60. The lowest BCUT2D eigenvalue weighted by atomic mass is 10.0. The number of anilines is 1. The number of ether oxygens (including phenoxy) is 2. The standard InChI is InChI=1S/C23H19NO4/c1-14-8-9-15(16-10-11-20(27-2)21(13-16)28-3)12-19(14)24-22(25)17-6-4-5-7-18(17)23(24)26/h4-13H,1-3H3. The minimum absolute atomic E-state index is 0.298. The van der Waals surface area contributed by atoms with Crippen molar-refractivity contribution >= 4 is 17.5 Å². The van der Waals surface area contributed by atoms with E-state index in [9.17, 15) is 9.59 Å². The lowest BCUT2D eigenvalue weighted by molar-refractivity contribution is 0.0926. The second-order valence-corrected chi connectivity index (χ2v) is 6.56. The smallest absolute Gasteiger partial charge is 0.266 e. The zero-order valence-electron chi connectivity index (χ0n) is 15.9. The van der Waals surface area contributed by atoms with E-state index in [1.165, 1.54) is 4.90 Å². The van der Waals surface area contributed by atoms with E-state index in [2.05, 4.69) is 0 Å². The highest BCUT2D eigenvalue weighted by molar-refractivity contribution is 6.34. The predicted octanol–water partition coefficient (Wildman–Crippen LogP) is 4.48. The van der Waals surface area contributed by atoms with E-state index in [4.69, 9.17) is 9.47 Å². The van der Waals surface area contributed by atoms with Crippen LogP contribution in [0.25, 0.3) is 11.1 Å². The van der Waals surface area contributed by atoms with Crippen LogP contribution in [0.3, 0.4) is 0 Å². The molecule has 0 aliphatic carbocycles. The van der Waals surface area contributed by atoms with Crippen molar-refractivity contribution in [2.24, 2.45) is 0 Å². The van der Waals surface area contributed by atoms with E-state index in [-0.39, 0.29) is 11.8 Å². The van der Waals surface area contributed by atoms with Gasteiger partial charge in [-0.25, -0.2) is 4.90 Å². The van der Waals surface area contributed by atoms with Crippen molar-refractivity contribution in [1.82, 2.24) is 0 Å². The molecule has 5 nitrogen and oxygen atoms in total. The van der Waals surface area contributed by atoms with Crippen LogP contribution in [0.5, 0.6) is 11.5 Å². The van der Waals surface area contributed by atoms with Crippen LogP contribution in [-0.4, -0.2) is 26.0 Å². The molecule has 0 saturated heterocycles. The Morgan fingerprint density at radius 3 is 1.89 bits per heavy atom. The maximum atomic E-state index is 12.9. The van der Waals surface area contributed by atoms with Crippen LogP contribution in [-0.2, 0) is 0 Å². The summed E-state index contributed by atoms with van der Waals surface area (Å²) in [6, 6.07) is 18.2. The summed E-state index contributed by atoms with van der Waals surface area (Å²) in [6.07, 6.45) is 0. The van der Waals surface area contributed by atoms with Gasteiger partial charge < -0.3 is 9.47 Å². The first kappa shape index (κ1) is 17.8. The molecule has 0 saturated carbocycles. The van der Waals surface area contributed by atoms with Crippen molar-refractivity contribution < 1.29 is 19.1 Å². The van der Waals surface area contributed by atoms with Gasteiger partial charge in [0.25, 0.3) is 11.8 Å². The Balaban J connectivity index is 1.79. The van der Waals surface area contributed by atoms with Gasteiger partial charge in [0.15, 0.2) is 11.5 Å². The highest BCUT2D eigenvalue weighted by atomic mass is 16.5. The van der Waals surface area contributed by atoms with Gasteiger partial charge in [-0.15, -0.1) is 0 Å². The molecule has 3 aromatic rings. The highest BCUT2D eigenvalue weighted by Crippen LogP contribution is 2.36. The largest absolute Gasteiger partial charge is 0.493 e. The summed E-state index contributed by atoms with van der Waals surface area (Å²) in [5.41, 5.74) is 4.07. The Labute approximate surface area is 163 Å². The van der Waals surface area contributed by atoms with E-state index in [0.717, 1.165) is 16.7 Å². The molecule has 28 heavy (non-hydrogen) atoms. The molecule has 0 spiro atoms. The summed E-state index contributed by atoms with van der Waals surface area (Å²) in [5, 5.41) is 0. The summed E-state index contributed by atoms with van der Waals surface area (Å²) in [4.78, 5) is 27.0. The average molecular weight is 373 g/mol. The molecule has 1 aliphatic rings. The molecule has 1 aliphatic heterocycles. The number of nitrogens with zero attached hydrogens (tertiary/aromatic N) is 1. The SMILES string of the molecule is COc1ccc(-c2ccc(C)c(N3C(=O)c4ccccc4C3=O)c2)cc1OC. The maximum absolute atomic E-state index is 12.9. The van der Waals surface area contributed by atoms with Gasteiger partial charge in [0.1, 0.15) is 0 Å². The van der Waals surface area contributed by atoms with Gasteiger partial charge in [0.2, 0.25) is 0 Å².